The summed E-state index contributed by atoms with van der Waals surface area (Å²) in [5.74, 6) is -1.24. The number of hydrogen-bond acceptors (Lipinski definition) is 4. The summed E-state index contributed by atoms with van der Waals surface area (Å²) in [6, 6.07) is 24.8. The van der Waals surface area contributed by atoms with E-state index < -0.39 is 11.8 Å². The highest BCUT2D eigenvalue weighted by Gasteiger charge is 2.16. The van der Waals surface area contributed by atoms with Crippen LogP contribution in [0.5, 0.6) is 0 Å². The molecule has 1 aliphatic rings. The Morgan fingerprint density at radius 2 is 1.73 bits per heavy atom. The Kier molecular flexibility index (Phi) is 7.68. The normalized spacial score (nSPS) is 12.7. The fourth-order valence-corrected chi connectivity index (χ4v) is 4.51. The molecule has 6 heteroatoms. The zero-order valence-corrected chi connectivity index (χ0v) is 19.7. The molecule has 0 atom stereocenters. The lowest BCUT2D eigenvalue weighted by molar-refractivity contribution is -0.136. The summed E-state index contributed by atoms with van der Waals surface area (Å²) in [5.41, 5.74) is 5.95. The number of hydrogen-bond donors (Lipinski definition) is 2. The molecule has 0 saturated heterocycles. The van der Waals surface area contributed by atoms with Gasteiger partial charge in [-0.15, -0.1) is 11.8 Å². The first-order valence-electron chi connectivity index (χ1n) is 11.3. The van der Waals surface area contributed by atoms with Crippen LogP contribution in [0.4, 0.5) is 11.4 Å². The lowest BCUT2D eigenvalue weighted by Gasteiger charge is -2.30. The van der Waals surface area contributed by atoms with Crippen molar-refractivity contribution >= 4 is 35.0 Å². The van der Waals surface area contributed by atoms with Crippen LogP contribution in [-0.4, -0.2) is 31.2 Å². The monoisotopic (exact) mass is 459 g/mol. The highest BCUT2D eigenvalue weighted by atomic mass is 32.2. The second-order valence-corrected chi connectivity index (χ2v) is 9.03. The minimum atomic E-state index is -0.638. The quantitative estimate of drug-likeness (QED) is 0.307. The van der Waals surface area contributed by atoms with Gasteiger partial charge in [-0.05, 0) is 72.5 Å². The summed E-state index contributed by atoms with van der Waals surface area (Å²) < 4.78 is 0. The highest BCUT2D eigenvalue weighted by Crippen LogP contribution is 2.25. The van der Waals surface area contributed by atoms with E-state index in [-0.39, 0.29) is 0 Å². The van der Waals surface area contributed by atoms with Crippen LogP contribution in [0.25, 0.3) is 0 Å². The number of amides is 2. The average molecular weight is 460 g/mol. The summed E-state index contributed by atoms with van der Waals surface area (Å²) in [5, 5.41) is 5.36. The van der Waals surface area contributed by atoms with Gasteiger partial charge in [0, 0.05) is 35.9 Å². The van der Waals surface area contributed by atoms with Crippen LogP contribution < -0.4 is 15.5 Å². The number of thioether (sulfide) groups is 1. The van der Waals surface area contributed by atoms with Crippen LogP contribution in [0.15, 0.2) is 77.7 Å². The van der Waals surface area contributed by atoms with Gasteiger partial charge in [0.25, 0.3) is 0 Å². The van der Waals surface area contributed by atoms with Crippen molar-refractivity contribution in [3.8, 4) is 0 Å². The minimum Gasteiger partial charge on any atom is -0.367 e. The van der Waals surface area contributed by atoms with Crippen LogP contribution in [0.1, 0.15) is 23.1 Å². The third-order valence-electron chi connectivity index (χ3n) is 5.89. The third-order valence-corrected chi connectivity index (χ3v) is 6.62. The topological polar surface area (TPSA) is 61.4 Å². The van der Waals surface area contributed by atoms with Gasteiger partial charge < -0.3 is 15.5 Å². The molecular weight excluding hydrogens is 430 g/mol. The zero-order valence-electron chi connectivity index (χ0n) is 18.8. The van der Waals surface area contributed by atoms with E-state index in [9.17, 15) is 9.59 Å². The predicted octanol–water partition coefficient (Wildman–Crippen LogP) is 4.66. The van der Waals surface area contributed by atoms with Crippen molar-refractivity contribution < 1.29 is 9.59 Å². The molecule has 5 nitrogen and oxygen atoms in total. The molecule has 0 unspecified atom stereocenters. The Labute approximate surface area is 199 Å². The molecule has 1 aliphatic heterocycles. The van der Waals surface area contributed by atoms with Gasteiger partial charge in [-0.1, -0.05) is 42.5 Å². The molecule has 0 spiro atoms. The molecule has 2 amide bonds. The fourth-order valence-electron chi connectivity index (χ4n) is 4.05. The molecule has 3 aromatic carbocycles. The van der Waals surface area contributed by atoms with Crippen molar-refractivity contribution in [1.82, 2.24) is 5.32 Å². The highest BCUT2D eigenvalue weighted by molar-refractivity contribution is 7.98. The Morgan fingerprint density at radius 1 is 0.939 bits per heavy atom. The summed E-state index contributed by atoms with van der Waals surface area (Å²) in [7, 11) is 0. The Hall–Kier alpha value is -3.25. The maximum Gasteiger partial charge on any atom is 0.313 e. The summed E-state index contributed by atoms with van der Waals surface area (Å²) >= 11 is 1.58. The molecular formula is C27H29N3O2S. The first kappa shape index (κ1) is 22.9. The molecule has 4 rings (SSSR count). The van der Waals surface area contributed by atoms with E-state index in [1.165, 1.54) is 22.4 Å². The second kappa shape index (κ2) is 11.1. The number of aryl methyl sites for hydroxylation is 1. The van der Waals surface area contributed by atoms with Crippen LogP contribution >= 0.6 is 11.8 Å². The van der Waals surface area contributed by atoms with E-state index in [2.05, 4.69) is 64.1 Å². The van der Waals surface area contributed by atoms with Gasteiger partial charge in [0.05, 0.1) is 0 Å². The van der Waals surface area contributed by atoms with Crippen LogP contribution in [0.3, 0.4) is 0 Å². The summed E-state index contributed by atoms with van der Waals surface area (Å²) in [6.45, 7) is 2.44. The zero-order chi connectivity index (χ0) is 23.0. The van der Waals surface area contributed by atoms with Gasteiger partial charge in [-0.3, -0.25) is 9.59 Å². The molecule has 2 N–H and O–H groups in total. The van der Waals surface area contributed by atoms with Gasteiger partial charge in [-0.25, -0.2) is 0 Å². The molecule has 0 fully saturated rings. The molecule has 170 valence electrons. The smallest absolute Gasteiger partial charge is 0.313 e. The summed E-state index contributed by atoms with van der Waals surface area (Å²) in [4.78, 5) is 27.6. The number of nitrogens with zero attached hydrogens (tertiary/aromatic N) is 1. The van der Waals surface area contributed by atoms with Crippen LogP contribution in [0, 0.1) is 0 Å². The van der Waals surface area contributed by atoms with E-state index in [0.29, 0.717) is 12.2 Å². The number of anilines is 2. The van der Waals surface area contributed by atoms with Crippen LogP contribution in [0.2, 0.25) is 0 Å². The second-order valence-electron chi connectivity index (χ2n) is 8.15. The maximum atomic E-state index is 12.1. The number of carbonyl (C=O) groups excluding carboxylic acids is 2. The maximum absolute atomic E-state index is 12.1. The van der Waals surface area contributed by atoms with E-state index in [0.717, 1.165) is 37.2 Å². The molecule has 0 aliphatic carbocycles. The van der Waals surface area contributed by atoms with Crippen molar-refractivity contribution in [1.29, 1.82) is 0 Å². The van der Waals surface area contributed by atoms with E-state index in [1.54, 1.807) is 17.8 Å². The first-order chi connectivity index (χ1) is 16.1. The van der Waals surface area contributed by atoms with E-state index >= 15 is 0 Å². The van der Waals surface area contributed by atoms with Crippen molar-refractivity contribution in [2.75, 3.05) is 29.6 Å². The Morgan fingerprint density at radius 3 is 2.52 bits per heavy atom. The number of fused-ring (bicyclic) bond motifs is 1. The SMILES string of the molecule is CSc1cccc(NC(=O)C(=O)NCCCc2ccc(N3CCc4ccccc4C3)cc2)c1. The first-order valence-corrected chi connectivity index (χ1v) is 12.5. The van der Waals surface area contributed by atoms with Crippen molar-refractivity contribution in [2.45, 2.75) is 30.7 Å². The van der Waals surface area contributed by atoms with E-state index in [4.69, 9.17) is 0 Å². The average Bonchev–Trinajstić information content (AvgIpc) is 2.86. The number of nitrogens with one attached hydrogen (secondary N) is 2. The number of carbonyl (C=O) groups is 2. The third kappa shape index (κ3) is 6.17. The molecule has 3 aromatic rings. The molecule has 0 saturated carbocycles. The Balaban J connectivity index is 1.20. The molecule has 33 heavy (non-hydrogen) atoms. The molecule has 1 heterocycles. The number of rotatable bonds is 7. The molecule has 0 aromatic heterocycles. The minimum absolute atomic E-state index is 0.460. The van der Waals surface area contributed by atoms with Gasteiger partial charge >= 0.3 is 11.8 Å². The van der Waals surface area contributed by atoms with E-state index in [1.807, 2.05) is 24.5 Å². The van der Waals surface area contributed by atoms with Gasteiger partial charge in [0.2, 0.25) is 0 Å². The standard InChI is InChI=1S/C27H29N3O2S/c1-33-25-10-4-9-23(18-25)29-27(32)26(31)28-16-5-6-20-11-13-24(14-12-20)30-17-15-21-7-2-3-8-22(21)19-30/h2-4,7-14,18H,5-6,15-17,19H2,1H3,(H,28,31)(H,29,32). The molecule has 0 radical (unpaired) electrons. The molecule has 0 bridgehead atoms. The van der Waals surface area contributed by atoms with Crippen LogP contribution in [-0.2, 0) is 29.0 Å². The predicted molar refractivity (Wildman–Crippen MR) is 136 cm³/mol. The van der Waals surface area contributed by atoms with Gasteiger partial charge in [-0.2, -0.15) is 0 Å². The lowest BCUT2D eigenvalue weighted by Crippen LogP contribution is -2.36. The number of benzene rings is 3. The Bertz CT molecular complexity index is 1110. The summed E-state index contributed by atoms with van der Waals surface area (Å²) in [6.07, 6.45) is 4.67. The van der Waals surface area contributed by atoms with Gasteiger partial charge in [0.15, 0.2) is 0 Å². The van der Waals surface area contributed by atoms with Crippen molar-refractivity contribution in [3.63, 3.8) is 0 Å². The lowest BCUT2D eigenvalue weighted by atomic mass is 9.99. The van der Waals surface area contributed by atoms with Crippen molar-refractivity contribution in [2.24, 2.45) is 0 Å². The largest absolute Gasteiger partial charge is 0.367 e. The van der Waals surface area contributed by atoms with Gasteiger partial charge in [0.1, 0.15) is 0 Å². The van der Waals surface area contributed by atoms with Crippen molar-refractivity contribution in [3.05, 3.63) is 89.5 Å². The fraction of sp³-hybridized carbons (Fsp3) is 0.259.